The van der Waals surface area contributed by atoms with Crippen molar-refractivity contribution in [2.75, 3.05) is 5.32 Å². The van der Waals surface area contributed by atoms with Gasteiger partial charge in [0.25, 0.3) is 0 Å². The van der Waals surface area contributed by atoms with Crippen LogP contribution in [0.1, 0.15) is 5.82 Å². The van der Waals surface area contributed by atoms with Gasteiger partial charge in [0.2, 0.25) is 0 Å². The number of nitrogens with one attached hydrogen (secondary N) is 1. The molecule has 1 aromatic carbocycles. The van der Waals surface area contributed by atoms with Crippen LogP contribution in [0.15, 0.2) is 30.6 Å². The minimum Gasteiger partial charge on any atom is -0.378 e. The quantitative estimate of drug-likeness (QED) is 0.882. The van der Waals surface area contributed by atoms with Crippen molar-refractivity contribution in [1.82, 2.24) is 14.8 Å². The molecule has 4 nitrogen and oxygen atoms in total. The molecule has 1 N–H and O–H groups in total. The highest BCUT2D eigenvalue weighted by Crippen LogP contribution is 2.11. The SMILES string of the molecule is Cn1ncnc1CNc1ccc(I)cc1. The van der Waals surface area contributed by atoms with Gasteiger partial charge in [0.05, 0.1) is 6.54 Å². The highest BCUT2D eigenvalue weighted by atomic mass is 127. The summed E-state index contributed by atoms with van der Waals surface area (Å²) in [6, 6.07) is 8.25. The van der Waals surface area contributed by atoms with E-state index in [2.05, 4.69) is 62.3 Å². The molecule has 0 unspecified atom stereocenters. The zero-order valence-corrected chi connectivity index (χ0v) is 10.5. The Kier molecular flexibility index (Phi) is 3.20. The van der Waals surface area contributed by atoms with Crippen LogP contribution in [0, 0.1) is 3.57 Å². The molecular weight excluding hydrogens is 303 g/mol. The molecule has 0 aliphatic heterocycles. The van der Waals surface area contributed by atoms with Crippen molar-refractivity contribution in [2.45, 2.75) is 6.54 Å². The molecule has 0 bridgehead atoms. The first-order valence-corrected chi connectivity index (χ1v) is 5.66. The van der Waals surface area contributed by atoms with Gasteiger partial charge in [-0.05, 0) is 46.9 Å². The molecule has 78 valence electrons. The van der Waals surface area contributed by atoms with Gasteiger partial charge in [-0.25, -0.2) is 4.98 Å². The lowest BCUT2D eigenvalue weighted by Crippen LogP contribution is -2.06. The highest BCUT2D eigenvalue weighted by Gasteiger charge is 1.99. The van der Waals surface area contributed by atoms with Crippen LogP contribution < -0.4 is 5.32 Å². The van der Waals surface area contributed by atoms with Crippen molar-refractivity contribution >= 4 is 28.3 Å². The summed E-state index contributed by atoms with van der Waals surface area (Å²) in [4.78, 5) is 4.14. The molecule has 1 aromatic heterocycles. The Morgan fingerprint density at radius 3 is 2.67 bits per heavy atom. The number of nitrogens with zero attached hydrogens (tertiary/aromatic N) is 3. The van der Waals surface area contributed by atoms with Crippen LogP contribution in [0.4, 0.5) is 5.69 Å². The molecule has 15 heavy (non-hydrogen) atoms. The highest BCUT2D eigenvalue weighted by molar-refractivity contribution is 14.1. The Morgan fingerprint density at radius 1 is 1.33 bits per heavy atom. The Morgan fingerprint density at radius 2 is 2.07 bits per heavy atom. The molecule has 0 radical (unpaired) electrons. The number of aryl methyl sites for hydroxylation is 1. The van der Waals surface area contributed by atoms with Gasteiger partial charge in [-0.1, -0.05) is 0 Å². The fourth-order valence-corrected chi connectivity index (χ4v) is 1.59. The summed E-state index contributed by atoms with van der Waals surface area (Å²) in [7, 11) is 1.89. The third-order valence-electron chi connectivity index (χ3n) is 2.10. The van der Waals surface area contributed by atoms with Crippen molar-refractivity contribution < 1.29 is 0 Å². The number of hydrogen-bond donors (Lipinski definition) is 1. The summed E-state index contributed by atoms with van der Waals surface area (Å²) in [6.07, 6.45) is 1.56. The zero-order chi connectivity index (χ0) is 10.7. The van der Waals surface area contributed by atoms with Crippen molar-refractivity contribution in [1.29, 1.82) is 0 Å². The molecule has 0 saturated heterocycles. The Labute approximate surface area is 102 Å². The number of aromatic nitrogens is 3. The summed E-state index contributed by atoms with van der Waals surface area (Å²) >= 11 is 2.29. The molecule has 0 amide bonds. The van der Waals surface area contributed by atoms with Crippen LogP contribution >= 0.6 is 22.6 Å². The average Bonchev–Trinajstić information content (AvgIpc) is 2.63. The van der Waals surface area contributed by atoms with Gasteiger partial charge in [0.1, 0.15) is 12.2 Å². The molecule has 0 spiro atoms. The summed E-state index contributed by atoms with van der Waals surface area (Å²) in [6.45, 7) is 0.692. The van der Waals surface area contributed by atoms with Crippen LogP contribution in [0.3, 0.4) is 0 Å². The Balaban J connectivity index is 1.99. The average molecular weight is 314 g/mol. The van der Waals surface area contributed by atoms with E-state index < -0.39 is 0 Å². The van der Waals surface area contributed by atoms with Crippen molar-refractivity contribution in [3.8, 4) is 0 Å². The maximum absolute atomic E-state index is 4.14. The molecule has 0 aliphatic carbocycles. The topological polar surface area (TPSA) is 42.7 Å². The van der Waals surface area contributed by atoms with E-state index in [0.717, 1.165) is 11.5 Å². The van der Waals surface area contributed by atoms with Crippen molar-refractivity contribution in [3.63, 3.8) is 0 Å². The summed E-state index contributed by atoms with van der Waals surface area (Å²) < 4.78 is 3.00. The molecular formula is C10H11IN4. The van der Waals surface area contributed by atoms with Gasteiger partial charge in [-0.3, -0.25) is 4.68 Å². The molecule has 1 heterocycles. The second kappa shape index (κ2) is 4.61. The maximum atomic E-state index is 4.14. The Hall–Kier alpha value is -1.11. The van der Waals surface area contributed by atoms with E-state index in [1.165, 1.54) is 3.57 Å². The lowest BCUT2D eigenvalue weighted by Gasteiger charge is -2.05. The third kappa shape index (κ3) is 2.68. The summed E-state index contributed by atoms with van der Waals surface area (Å²) in [5, 5.41) is 7.30. The van der Waals surface area contributed by atoms with Crippen molar-refractivity contribution in [2.24, 2.45) is 7.05 Å². The Bertz CT molecular complexity index is 435. The zero-order valence-electron chi connectivity index (χ0n) is 8.31. The first kappa shape index (κ1) is 10.4. The lowest BCUT2D eigenvalue weighted by atomic mass is 10.3. The number of benzene rings is 1. The van der Waals surface area contributed by atoms with Crippen LogP contribution in [-0.4, -0.2) is 14.8 Å². The monoisotopic (exact) mass is 314 g/mol. The predicted octanol–water partition coefficient (Wildman–Crippen LogP) is 2.03. The third-order valence-corrected chi connectivity index (χ3v) is 2.82. The van der Waals surface area contributed by atoms with Gasteiger partial charge in [0.15, 0.2) is 0 Å². The fraction of sp³-hybridized carbons (Fsp3) is 0.200. The molecule has 0 aliphatic rings. The molecule has 2 rings (SSSR count). The molecule has 0 fully saturated rings. The minimum absolute atomic E-state index is 0.692. The van der Waals surface area contributed by atoms with Crippen LogP contribution in [0.5, 0.6) is 0 Å². The van der Waals surface area contributed by atoms with E-state index in [-0.39, 0.29) is 0 Å². The molecule has 0 atom stereocenters. The number of hydrogen-bond acceptors (Lipinski definition) is 3. The smallest absolute Gasteiger partial charge is 0.145 e. The predicted molar refractivity (Wildman–Crippen MR) is 67.5 cm³/mol. The second-order valence-corrected chi connectivity index (χ2v) is 4.41. The number of halogens is 1. The molecule has 0 saturated carbocycles. The van der Waals surface area contributed by atoms with Crippen LogP contribution in [0.2, 0.25) is 0 Å². The minimum atomic E-state index is 0.692. The van der Waals surface area contributed by atoms with E-state index in [4.69, 9.17) is 0 Å². The van der Waals surface area contributed by atoms with Crippen LogP contribution in [-0.2, 0) is 13.6 Å². The molecule has 2 aromatic rings. The normalized spacial score (nSPS) is 10.3. The summed E-state index contributed by atoms with van der Waals surface area (Å²) in [5.74, 6) is 0.925. The number of rotatable bonds is 3. The lowest BCUT2D eigenvalue weighted by molar-refractivity contribution is 0.712. The fourth-order valence-electron chi connectivity index (χ4n) is 1.23. The van der Waals surface area contributed by atoms with Gasteiger partial charge in [-0.15, -0.1) is 0 Å². The van der Waals surface area contributed by atoms with Gasteiger partial charge in [-0.2, -0.15) is 5.10 Å². The van der Waals surface area contributed by atoms with Crippen LogP contribution in [0.25, 0.3) is 0 Å². The largest absolute Gasteiger partial charge is 0.378 e. The first-order valence-electron chi connectivity index (χ1n) is 4.58. The number of anilines is 1. The van der Waals surface area contributed by atoms with E-state index >= 15 is 0 Å². The standard InChI is InChI=1S/C10H11IN4/c1-15-10(13-7-14-15)6-12-9-4-2-8(11)3-5-9/h2-5,7,12H,6H2,1H3. The van der Waals surface area contributed by atoms with Crippen molar-refractivity contribution in [3.05, 3.63) is 40.0 Å². The van der Waals surface area contributed by atoms with Gasteiger partial charge >= 0.3 is 0 Å². The summed E-state index contributed by atoms with van der Waals surface area (Å²) in [5.41, 5.74) is 1.10. The van der Waals surface area contributed by atoms with Gasteiger partial charge < -0.3 is 5.32 Å². The van der Waals surface area contributed by atoms with E-state index in [0.29, 0.717) is 6.54 Å². The first-order chi connectivity index (χ1) is 7.25. The van der Waals surface area contributed by atoms with E-state index in [1.54, 1.807) is 11.0 Å². The van der Waals surface area contributed by atoms with Gasteiger partial charge in [0, 0.05) is 16.3 Å². The van der Waals surface area contributed by atoms with E-state index in [9.17, 15) is 0 Å². The molecule has 5 heteroatoms. The van der Waals surface area contributed by atoms with E-state index in [1.807, 2.05) is 7.05 Å². The maximum Gasteiger partial charge on any atom is 0.145 e. The second-order valence-electron chi connectivity index (χ2n) is 3.16.